The molecule has 0 amide bonds. The van der Waals surface area contributed by atoms with Crippen molar-refractivity contribution < 1.29 is 0 Å². The van der Waals surface area contributed by atoms with Gasteiger partial charge in [0.05, 0.1) is 22.8 Å². The molecule has 0 aliphatic heterocycles. The number of aryl methyl sites for hydroxylation is 2. The Morgan fingerprint density at radius 2 is 1.00 bits per heavy atom. The predicted octanol–water partition coefficient (Wildman–Crippen LogP) is 11.2. The summed E-state index contributed by atoms with van der Waals surface area (Å²) in [4.78, 5) is 10.4. The normalized spacial score (nSPS) is 11.5. The predicted molar refractivity (Wildman–Crippen MR) is 177 cm³/mol. The molecule has 2 nitrogen and oxygen atoms in total. The van der Waals surface area contributed by atoms with E-state index in [0.717, 1.165) is 87.0 Å². The molecule has 0 heterocycles. The van der Waals surface area contributed by atoms with Crippen molar-refractivity contribution in [2.45, 2.75) is 130 Å². The Balaban J connectivity index is 2.19. The number of rotatable bonds is 17. The van der Waals surface area contributed by atoms with E-state index in [0.29, 0.717) is 0 Å². The molecule has 0 saturated heterocycles. The van der Waals surface area contributed by atoms with Crippen LogP contribution in [0.1, 0.15) is 129 Å². The van der Waals surface area contributed by atoms with Gasteiger partial charge >= 0.3 is 0 Å². The maximum atomic E-state index is 5.24. The summed E-state index contributed by atoms with van der Waals surface area (Å²) in [6.07, 6.45) is 17.4. The zero-order chi connectivity index (χ0) is 28.7. The van der Waals surface area contributed by atoms with Crippen molar-refractivity contribution in [2.75, 3.05) is 0 Å². The number of benzene rings is 2. The van der Waals surface area contributed by atoms with Gasteiger partial charge in [0.2, 0.25) is 0 Å². The molecule has 40 heavy (non-hydrogen) atoms. The minimum Gasteiger partial charge on any atom is -0.252 e. The first kappa shape index (κ1) is 33.1. The molecular formula is C38H52N2. The summed E-state index contributed by atoms with van der Waals surface area (Å²) >= 11 is 0. The van der Waals surface area contributed by atoms with E-state index in [1.54, 1.807) is 0 Å². The lowest BCUT2D eigenvalue weighted by Crippen LogP contribution is -2.10. The Morgan fingerprint density at radius 1 is 0.550 bits per heavy atom. The molecule has 0 saturated carbocycles. The summed E-state index contributed by atoms with van der Waals surface area (Å²) in [6.45, 7) is 8.82. The number of para-hydroxylation sites is 2. The van der Waals surface area contributed by atoms with Gasteiger partial charge in [-0.05, 0) is 81.5 Å². The maximum Gasteiger partial charge on any atom is 0.0665 e. The van der Waals surface area contributed by atoms with Crippen LogP contribution in [0.5, 0.6) is 0 Å². The van der Waals surface area contributed by atoms with E-state index in [4.69, 9.17) is 9.98 Å². The third kappa shape index (κ3) is 13.8. The summed E-state index contributed by atoms with van der Waals surface area (Å²) in [5, 5.41) is 0. The molecule has 2 heteroatoms. The molecule has 214 valence electrons. The first-order valence-electron chi connectivity index (χ1n) is 15.9. The van der Waals surface area contributed by atoms with Crippen LogP contribution in [0.2, 0.25) is 0 Å². The Hall–Kier alpha value is -3.10. The fourth-order valence-electron chi connectivity index (χ4n) is 4.53. The lowest BCUT2D eigenvalue weighted by Gasteiger charge is -2.11. The summed E-state index contributed by atoms with van der Waals surface area (Å²) in [5.74, 6) is 13.3. The van der Waals surface area contributed by atoms with Gasteiger partial charge in [0, 0.05) is 25.7 Å². The van der Waals surface area contributed by atoms with E-state index >= 15 is 0 Å². The topological polar surface area (TPSA) is 24.7 Å². The van der Waals surface area contributed by atoms with Crippen molar-refractivity contribution in [3.05, 3.63) is 59.7 Å². The minimum atomic E-state index is 0.950. The third-order valence-corrected chi connectivity index (χ3v) is 7.02. The molecule has 0 aliphatic rings. The molecule has 2 aromatic rings. The van der Waals surface area contributed by atoms with E-state index in [1.165, 1.54) is 49.7 Å². The molecule has 0 unspecified atom stereocenters. The lowest BCUT2D eigenvalue weighted by atomic mass is 10.0. The van der Waals surface area contributed by atoms with Gasteiger partial charge in [0.1, 0.15) is 0 Å². The Morgan fingerprint density at radius 3 is 1.50 bits per heavy atom. The largest absolute Gasteiger partial charge is 0.252 e. The van der Waals surface area contributed by atoms with Crippen LogP contribution < -0.4 is 0 Å². The van der Waals surface area contributed by atoms with Crippen LogP contribution >= 0.6 is 0 Å². The molecule has 2 rings (SSSR count). The van der Waals surface area contributed by atoms with Gasteiger partial charge in [-0.15, -0.1) is 23.7 Å². The van der Waals surface area contributed by atoms with E-state index in [2.05, 4.69) is 99.9 Å². The van der Waals surface area contributed by atoms with Gasteiger partial charge in [-0.2, -0.15) is 0 Å². The molecule has 0 fully saturated rings. The first-order valence-corrected chi connectivity index (χ1v) is 15.9. The quantitative estimate of drug-likeness (QED) is 0.109. The Bertz CT molecular complexity index is 1160. The molecular weight excluding hydrogens is 484 g/mol. The molecule has 0 radical (unpaired) electrons. The average molecular weight is 537 g/mol. The van der Waals surface area contributed by atoms with Gasteiger partial charge < -0.3 is 0 Å². The van der Waals surface area contributed by atoms with Crippen LogP contribution in [-0.2, 0) is 12.8 Å². The van der Waals surface area contributed by atoms with Crippen molar-refractivity contribution in [3.8, 4) is 23.7 Å². The van der Waals surface area contributed by atoms with Crippen LogP contribution in [0.25, 0.3) is 0 Å². The van der Waals surface area contributed by atoms with Crippen LogP contribution in [0.4, 0.5) is 11.4 Å². The van der Waals surface area contributed by atoms with Crippen LogP contribution in [0.15, 0.2) is 58.5 Å². The van der Waals surface area contributed by atoms with E-state index < -0.39 is 0 Å². The highest BCUT2D eigenvalue weighted by atomic mass is 14.8. The van der Waals surface area contributed by atoms with Gasteiger partial charge in [0.25, 0.3) is 0 Å². The fraction of sp³-hybridized carbons (Fsp3) is 0.526. The fourth-order valence-corrected chi connectivity index (χ4v) is 4.53. The number of unbranched alkanes of at least 4 members (excludes halogenated alkanes) is 8. The number of hydrogen-bond donors (Lipinski definition) is 0. The SMILES string of the molecule is CCCCC#CCCCc1ccccc1N=C(C)C(CCCCC)=Nc1ccccc1CCCC#CCCCC. The summed E-state index contributed by atoms with van der Waals surface area (Å²) in [7, 11) is 0. The van der Waals surface area contributed by atoms with Crippen molar-refractivity contribution in [2.24, 2.45) is 9.98 Å². The van der Waals surface area contributed by atoms with Crippen molar-refractivity contribution >= 4 is 22.8 Å². The zero-order valence-corrected chi connectivity index (χ0v) is 25.8. The monoisotopic (exact) mass is 536 g/mol. The second-order valence-corrected chi connectivity index (χ2v) is 10.6. The molecule has 0 spiro atoms. The number of nitrogens with zero attached hydrogens (tertiary/aromatic N) is 2. The molecule has 0 bridgehead atoms. The van der Waals surface area contributed by atoms with Crippen LogP contribution in [0.3, 0.4) is 0 Å². The van der Waals surface area contributed by atoms with E-state index in [1.807, 2.05) is 0 Å². The van der Waals surface area contributed by atoms with Gasteiger partial charge in [-0.1, -0.05) is 82.9 Å². The molecule has 0 aromatic heterocycles. The maximum absolute atomic E-state index is 5.24. The van der Waals surface area contributed by atoms with E-state index in [9.17, 15) is 0 Å². The average Bonchev–Trinajstić information content (AvgIpc) is 2.97. The van der Waals surface area contributed by atoms with Crippen LogP contribution in [-0.4, -0.2) is 11.4 Å². The van der Waals surface area contributed by atoms with E-state index in [-0.39, 0.29) is 0 Å². The summed E-state index contributed by atoms with van der Waals surface area (Å²) in [6, 6.07) is 17.2. The van der Waals surface area contributed by atoms with Gasteiger partial charge in [0.15, 0.2) is 0 Å². The summed E-state index contributed by atoms with van der Waals surface area (Å²) in [5.41, 5.74) is 6.88. The molecule has 0 N–H and O–H groups in total. The van der Waals surface area contributed by atoms with Crippen molar-refractivity contribution in [1.29, 1.82) is 0 Å². The smallest absolute Gasteiger partial charge is 0.0665 e. The Labute approximate surface area is 246 Å². The highest BCUT2D eigenvalue weighted by molar-refractivity contribution is 6.42. The third-order valence-electron chi connectivity index (χ3n) is 7.02. The minimum absolute atomic E-state index is 0.950. The Kier molecular flexibility index (Phi) is 18.0. The van der Waals surface area contributed by atoms with Crippen LogP contribution in [0, 0.1) is 23.7 Å². The first-order chi connectivity index (χ1) is 19.7. The second-order valence-electron chi connectivity index (χ2n) is 10.6. The molecule has 0 aliphatic carbocycles. The highest BCUT2D eigenvalue weighted by Crippen LogP contribution is 2.25. The molecule has 0 atom stereocenters. The van der Waals surface area contributed by atoms with Gasteiger partial charge in [-0.3, -0.25) is 9.98 Å². The second kappa shape index (κ2) is 21.7. The number of aliphatic imine (C=N–C) groups is 2. The lowest BCUT2D eigenvalue weighted by molar-refractivity contribution is 0.743. The van der Waals surface area contributed by atoms with Crippen molar-refractivity contribution in [1.82, 2.24) is 0 Å². The molecule has 2 aromatic carbocycles. The standard InChI is InChI=1S/C38H52N2/c1-5-8-11-13-15-17-20-26-34-28-22-24-31-37(34)39-33(4)36(30-19-10-7-3)40-38-32-25-23-29-35(38)27-21-18-16-14-12-9-6-2/h22-25,28-29,31-32H,5-12,17-21,26-27,30H2,1-4H3. The van der Waals surface area contributed by atoms with Crippen molar-refractivity contribution in [3.63, 3.8) is 0 Å². The zero-order valence-electron chi connectivity index (χ0n) is 25.8. The van der Waals surface area contributed by atoms with Gasteiger partial charge in [-0.25, -0.2) is 0 Å². The summed E-state index contributed by atoms with van der Waals surface area (Å²) < 4.78 is 0. The number of hydrogen-bond acceptors (Lipinski definition) is 2. The highest BCUT2D eigenvalue weighted by Gasteiger charge is 2.09.